The van der Waals surface area contributed by atoms with Gasteiger partial charge in [0.2, 0.25) is 0 Å². The zero-order valence-corrected chi connectivity index (χ0v) is 16.9. The number of ether oxygens (including phenoxy) is 2. The van der Waals surface area contributed by atoms with E-state index < -0.39 is 0 Å². The van der Waals surface area contributed by atoms with Crippen molar-refractivity contribution in [1.29, 1.82) is 0 Å². The van der Waals surface area contributed by atoms with Gasteiger partial charge in [0, 0.05) is 25.2 Å². The minimum atomic E-state index is 0. The van der Waals surface area contributed by atoms with Gasteiger partial charge in [-0.25, -0.2) is 0 Å². The van der Waals surface area contributed by atoms with Crippen molar-refractivity contribution in [3.63, 3.8) is 0 Å². The first-order chi connectivity index (χ1) is 10.5. The number of allylic oxidation sites excluding steroid dienone is 1. The van der Waals surface area contributed by atoms with E-state index in [4.69, 9.17) is 9.47 Å². The van der Waals surface area contributed by atoms with Crippen LogP contribution < -0.4 is 20.1 Å². The molecule has 2 N–H and O–H groups in total. The Kier molecular flexibility index (Phi) is 10.5. The van der Waals surface area contributed by atoms with Crippen LogP contribution in [0.5, 0.6) is 11.5 Å². The molecule has 0 amide bonds. The molecule has 0 unspecified atom stereocenters. The molecule has 0 radical (unpaired) electrons. The number of aliphatic imine (C=N–C) groups is 1. The lowest BCUT2D eigenvalue weighted by atomic mass is 10.1. The molecule has 0 aliphatic rings. The van der Waals surface area contributed by atoms with Crippen molar-refractivity contribution in [3.8, 4) is 11.5 Å². The predicted molar refractivity (Wildman–Crippen MR) is 107 cm³/mol. The van der Waals surface area contributed by atoms with Crippen LogP contribution in [0.3, 0.4) is 0 Å². The molecule has 1 aromatic rings. The maximum atomic E-state index is 5.45. The molecule has 0 aromatic heterocycles. The highest BCUT2D eigenvalue weighted by atomic mass is 127. The largest absolute Gasteiger partial charge is 0.493 e. The van der Waals surface area contributed by atoms with Crippen LogP contribution in [0, 0.1) is 0 Å². The summed E-state index contributed by atoms with van der Waals surface area (Å²) < 4.78 is 10.9. The van der Waals surface area contributed by atoms with Gasteiger partial charge in [-0.2, -0.15) is 0 Å². The fourth-order valence-corrected chi connectivity index (χ4v) is 2.17. The summed E-state index contributed by atoms with van der Waals surface area (Å²) in [6.45, 7) is 8.59. The van der Waals surface area contributed by atoms with Gasteiger partial charge < -0.3 is 20.1 Å². The Morgan fingerprint density at radius 2 is 2.00 bits per heavy atom. The Morgan fingerprint density at radius 1 is 1.30 bits per heavy atom. The summed E-state index contributed by atoms with van der Waals surface area (Å²) in [6, 6.07) is 4.40. The van der Waals surface area contributed by atoms with E-state index in [0.29, 0.717) is 12.6 Å². The van der Waals surface area contributed by atoms with Crippen molar-refractivity contribution >= 4 is 29.9 Å². The number of guanidine groups is 1. The number of hydrogen-bond acceptors (Lipinski definition) is 3. The number of methoxy groups -OCH3 is 2. The standard InChI is InChI=1S/C17H27N3O2.HI/c1-7-8-14-9-13(10-15(21-5)16(14)22-6)11-19-17(18-4)20-12(2)3;/h7,9-10,12H,1,8,11H2,2-6H3,(H2,18,19,20);1H. The van der Waals surface area contributed by atoms with Gasteiger partial charge in [-0.3, -0.25) is 4.99 Å². The van der Waals surface area contributed by atoms with Crippen LogP contribution in [0.1, 0.15) is 25.0 Å². The van der Waals surface area contributed by atoms with Gasteiger partial charge in [0.05, 0.1) is 14.2 Å². The molecule has 0 aliphatic carbocycles. The van der Waals surface area contributed by atoms with Gasteiger partial charge in [-0.05, 0) is 38.0 Å². The van der Waals surface area contributed by atoms with Crippen molar-refractivity contribution in [2.45, 2.75) is 32.9 Å². The Bertz CT molecular complexity index is 531. The predicted octanol–water partition coefficient (Wildman–Crippen LogP) is 3.12. The maximum Gasteiger partial charge on any atom is 0.191 e. The number of rotatable bonds is 7. The molecule has 0 heterocycles. The van der Waals surface area contributed by atoms with Gasteiger partial charge in [-0.1, -0.05) is 6.08 Å². The first-order valence-electron chi connectivity index (χ1n) is 7.37. The lowest BCUT2D eigenvalue weighted by Crippen LogP contribution is -2.40. The van der Waals surface area contributed by atoms with Crippen LogP contribution in [0.4, 0.5) is 0 Å². The molecule has 0 fully saturated rings. The van der Waals surface area contributed by atoms with Crippen LogP contribution in [0.15, 0.2) is 29.8 Å². The fraction of sp³-hybridized carbons (Fsp3) is 0.471. The molecule has 5 nitrogen and oxygen atoms in total. The highest BCUT2D eigenvalue weighted by Gasteiger charge is 2.12. The lowest BCUT2D eigenvalue weighted by molar-refractivity contribution is 0.352. The molecule has 23 heavy (non-hydrogen) atoms. The van der Waals surface area contributed by atoms with Gasteiger partial charge in [0.15, 0.2) is 17.5 Å². The molecule has 0 bridgehead atoms. The minimum absolute atomic E-state index is 0. The summed E-state index contributed by atoms with van der Waals surface area (Å²) in [6.07, 6.45) is 2.58. The van der Waals surface area contributed by atoms with Crippen molar-refractivity contribution in [2.24, 2.45) is 4.99 Å². The topological polar surface area (TPSA) is 54.9 Å². The summed E-state index contributed by atoms with van der Waals surface area (Å²) in [4.78, 5) is 4.20. The van der Waals surface area contributed by atoms with E-state index in [-0.39, 0.29) is 24.0 Å². The zero-order valence-electron chi connectivity index (χ0n) is 14.6. The third-order valence-electron chi connectivity index (χ3n) is 3.09. The molecule has 0 saturated heterocycles. The molecule has 1 rings (SSSR count). The first-order valence-corrected chi connectivity index (χ1v) is 7.37. The summed E-state index contributed by atoms with van der Waals surface area (Å²) >= 11 is 0. The Hall–Kier alpha value is -1.44. The second kappa shape index (κ2) is 11.2. The Labute approximate surface area is 156 Å². The van der Waals surface area contributed by atoms with E-state index in [2.05, 4.69) is 42.1 Å². The first kappa shape index (κ1) is 21.6. The fourth-order valence-electron chi connectivity index (χ4n) is 2.17. The van der Waals surface area contributed by atoms with E-state index in [1.54, 1.807) is 21.3 Å². The van der Waals surface area contributed by atoms with Gasteiger partial charge in [0.25, 0.3) is 0 Å². The molecule has 1 aromatic carbocycles. The summed E-state index contributed by atoms with van der Waals surface area (Å²) in [5.41, 5.74) is 2.15. The molecule has 0 atom stereocenters. The zero-order chi connectivity index (χ0) is 16.5. The van der Waals surface area contributed by atoms with Gasteiger partial charge in [-0.15, -0.1) is 30.6 Å². The summed E-state index contributed by atoms with van der Waals surface area (Å²) in [5, 5.41) is 6.55. The number of nitrogens with zero attached hydrogens (tertiary/aromatic N) is 1. The molecule has 130 valence electrons. The molecule has 6 heteroatoms. The molecular formula is C17H28IN3O2. The van der Waals surface area contributed by atoms with Crippen LogP contribution in [0.25, 0.3) is 0 Å². The normalized spacial score (nSPS) is 10.8. The van der Waals surface area contributed by atoms with E-state index in [9.17, 15) is 0 Å². The summed E-state index contributed by atoms with van der Waals surface area (Å²) in [5.74, 6) is 2.26. The van der Waals surface area contributed by atoms with Crippen molar-refractivity contribution < 1.29 is 9.47 Å². The smallest absolute Gasteiger partial charge is 0.191 e. The minimum Gasteiger partial charge on any atom is -0.493 e. The summed E-state index contributed by atoms with van der Waals surface area (Å²) in [7, 11) is 5.05. The highest BCUT2D eigenvalue weighted by molar-refractivity contribution is 14.0. The Balaban J connectivity index is 0.00000484. The third kappa shape index (κ3) is 6.68. The number of hydrogen-bond donors (Lipinski definition) is 2. The van der Waals surface area contributed by atoms with Crippen molar-refractivity contribution in [1.82, 2.24) is 10.6 Å². The van der Waals surface area contributed by atoms with E-state index >= 15 is 0 Å². The molecule has 0 saturated carbocycles. The SMILES string of the molecule is C=CCc1cc(CNC(=NC)NC(C)C)cc(OC)c1OC.I. The maximum absolute atomic E-state index is 5.45. The highest BCUT2D eigenvalue weighted by Crippen LogP contribution is 2.33. The van der Waals surface area contributed by atoms with Crippen LogP contribution in [-0.4, -0.2) is 33.3 Å². The van der Waals surface area contributed by atoms with Crippen LogP contribution in [-0.2, 0) is 13.0 Å². The second-order valence-corrected chi connectivity index (χ2v) is 5.21. The molecule has 0 aliphatic heterocycles. The van der Waals surface area contributed by atoms with Crippen molar-refractivity contribution in [2.75, 3.05) is 21.3 Å². The quantitative estimate of drug-likeness (QED) is 0.300. The van der Waals surface area contributed by atoms with Gasteiger partial charge in [0.1, 0.15) is 0 Å². The number of nitrogens with one attached hydrogen (secondary N) is 2. The van der Waals surface area contributed by atoms with E-state index in [1.807, 2.05) is 12.1 Å². The van der Waals surface area contributed by atoms with Gasteiger partial charge >= 0.3 is 0 Å². The van der Waals surface area contributed by atoms with Crippen LogP contribution >= 0.6 is 24.0 Å². The average molecular weight is 433 g/mol. The Morgan fingerprint density at radius 3 is 2.48 bits per heavy atom. The number of halogens is 1. The monoisotopic (exact) mass is 433 g/mol. The lowest BCUT2D eigenvalue weighted by Gasteiger charge is -2.17. The second-order valence-electron chi connectivity index (χ2n) is 5.21. The van der Waals surface area contributed by atoms with E-state index in [1.165, 1.54) is 0 Å². The molecular weight excluding hydrogens is 405 g/mol. The number of benzene rings is 1. The van der Waals surface area contributed by atoms with Crippen LogP contribution in [0.2, 0.25) is 0 Å². The third-order valence-corrected chi connectivity index (χ3v) is 3.09. The van der Waals surface area contributed by atoms with E-state index in [0.717, 1.165) is 35.0 Å². The average Bonchev–Trinajstić information content (AvgIpc) is 2.50. The molecule has 0 spiro atoms. The van der Waals surface area contributed by atoms with Crippen molar-refractivity contribution in [3.05, 3.63) is 35.9 Å².